The van der Waals surface area contributed by atoms with Crippen molar-refractivity contribution in [1.82, 2.24) is 5.32 Å². The van der Waals surface area contributed by atoms with Crippen LogP contribution in [0, 0.1) is 0 Å². The molecule has 0 radical (unpaired) electrons. The summed E-state index contributed by atoms with van der Waals surface area (Å²) in [4.78, 5) is 19.9. The standard InChI is InChI=1S/C8H18O.C5H9NO3/c1-7(2,3)9-8(4,5)6;1-5(2,3-7)6-4(8)9/h1-6H3;3,6H,1-2H3,(H,8,9). The molecule has 1 amide bonds. The highest BCUT2D eigenvalue weighted by Gasteiger charge is 2.20. The molecule has 0 unspecified atom stereocenters. The van der Waals surface area contributed by atoms with Crippen LogP contribution in [0.2, 0.25) is 0 Å². The molecule has 0 aromatic rings. The molecule has 0 heterocycles. The zero-order chi connectivity index (χ0) is 15.2. The topological polar surface area (TPSA) is 75.6 Å². The maximum absolute atomic E-state index is 10.0. The number of amides is 1. The van der Waals surface area contributed by atoms with Gasteiger partial charge in [0.2, 0.25) is 0 Å². The molecule has 18 heavy (non-hydrogen) atoms. The van der Waals surface area contributed by atoms with Gasteiger partial charge in [-0.1, -0.05) is 0 Å². The van der Waals surface area contributed by atoms with E-state index in [1.54, 1.807) is 0 Å². The zero-order valence-electron chi connectivity index (χ0n) is 12.7. The number of aldehydes is 1. The van der Waals surface area contributed by atoms with Gasteiger partial charge in [-0.25, -0.2) is 4.79 Å². The summed E-state index contributed by atoms with van der Waals surface area (Å²) >= 11 is 0. The van der Waals surface area contributed by atoms with E-state index in [9.17, 15) is 9.59 Å². The van der Waals surface area contributed by atoms with Crippen molar-refractivity contribution in [2.45, 2.75) is 72.1 Å². The Labute approximate surface area is 110 Å². The number of hydrogen-bond acceptors (Lipinski definition) is 3. The second-order valence-electron chi connectivity index (χ2n) is 6.60. The van der Waals surface area contributed by atoms with E-state index in [4.69, 9.17) is 9.84 Å². The molecule has 0 aromatic carbocycles. The van der Waals surface area contributed by atoms with E-state index >= 15 is 0 Å². The molecule has 5 heteroatoms. The van der Waals surface area contributed by atoms with Crippen molar-refractivity contribution in [2.24, 2.45) is 0 Å². The van der Waals surface area contributed by atoms with E-state index in [2.05, 4.69) is 41.5 Å². The second kappa shape index (κ2) is 6.73. The monoisotopic (exact) mass is 261 g/mol. The first-order valence-corrected chi connectivity index (χ1v) is 5.86. The molecule has 0 aliphatic rings. The summed E-state index contributed by atoms with van der Waals surface area (Å²) < 4.78 is 5.62. The van der Waals surface area contributed by atoms with Crippen molar-refractivity contribution in [1.29, 1.82) is 0 Å². The summed E-state index contributed by atoms with van der Waals surface area (Å²) in [7, 11) is 0. The van der Waals surface area contributed by atoms with Crippen molar-refractivity contribution in [3.8, 4) is 0 Å². The van der Waals surface area contributed by atoms with Crippen LogP contribution in [-0.2, 0) is 9.53 Å². The molecular weight excluding hydrogens is 234 g/mol. The lowest BCUT2D eigenvalue weighted by Gasteiger charge is -2.30. The van der Waals surface area contributed by atoms with E-state index in [0.717, 1.165) is 0 Å². The fraction of sp³-hybridized carbons (Fsp3) is 0.846. The van der Waals surface area contributed by atoms with Crippen molar-refractivity contribution in [3.63, 3.8) is 0 Å². The van der Waals surface area contributed by atoms with Gasteiger partial charge in [-0.3, -0.25) is 0 Å². The minimum absolute atomic E-state index is 0.0156. The van der Waals surface area contributed by atoms with E-state index in [1.807, 2.05) is 5.32 Å². The average Bonchev–Trinajstić information content (AvgIpc) is 1.95. The van der Waals surface area contributed by atoms with Crippen LogP contribution in [-0.4, -0.2) is 34.2 Å². The Morgan fingerprint density at radius 1 is 1.00 bits per heavy atom. The van der Waals surface area contributed by atoms with Gasteiger partial charge in [-0.05, 0) is 55.4 Å². The summed E-state index contributed by atoms with van der Waals surface area (Å²) in [6.07, 6.45) is -0.645. The average molecular weight is 261 g/mol. The van der Waals surface area contributed by atoms with E-state index in [-0.39, 0.29) is 11.2 Å². The highest BCUT2D eigenvalue weighted by Crippen LogP contribution is 2.17. The van der Waals surface area contributed by atoms with Gasteiger partial charge in [0.1, 0.15) is 6.29 Å². The maximum atomic E-state index is 10.0. The van der Waals surface area contributed by atoms with E-state index < -0.39 is 11.6 Å². The normalized spacial score (nSPS) is 12.2. The van der Waals surface area contributed by atoms with Gasteiger partial charge >= 0.3 is 6.09 Å². The van der Waals surface area contributed by atoms with Crippen LogP contribution < -0.4 is 5.32 Å². The summed E-state index contributed by atoms with van der Waals surface area (Å²) in [6, 6.07) is 0. The lowest BCUT2D eigenvalue weighted by molar-refractivity contribution is -0.112. The SMILES string of the molecule is CC(C)(C)OC(C)(C)C.CC(C)(C=O)NC(=O)O. The van der Waals surface area contributed by atoms with Gasteiger partial charge in [0.15, 0.2) is 0 Å². The maximum Gasteiger partial charge on any atom is 0.405 e. The molecule has 0 bridgehead atoms. The quantitative estimate of drug-likeness (QED) is 0.749. The van der Waals surface area contributed by atoms with E-state index in [1.165, 1.54) is 13.8 Å². The first kappa shape index (κ1) is 19.2. The highest BCUT2D eigenvalue weighted by molar-refractivity contribution is 5.74. The third kappa shape index (κ3) is 17.3. The smallest absolute Gasteiger partial charge is 0.405 e. The summed E-state index contributed by atoms with van der Waals surface area (Å²) in [5.74, 6) is 0. The van der Waals surface area contributed by atoms with Crippen molar-refractivity contribution in [2.75, 3.05) is 0 Å². The predicted octanol–water partition coefficient (Wildman–Crippen LogP) is 2.83. The van der Waals surface area contributed by atoms with Gasteiger partial charge in [0.25, 0.3) is 0 Å². The molecule has 2 N–H and O–H groups in total. The number of hydrogen-bond donors (Lipinski definition) is 2. The number of ether oxygens (including phenoxy) is 1. The van der Waals surface area contributed by atoms with Crippen LogP contribution in [0.25, 0.3) is 0 Å². The Balaban J connectivity index is 0. The number of carbonyl (C=O) groups is 2. The van der Waals surface area contributed by atoms with Crippen LogP contribution in [0.5, 0.6) is 0 Å². The van der Waals surface area contributed by atoms with Crippen LogP contribution in [0.15, 0.2) is 0 Å². The molecule has 0 saturated heterocycles. The predicted molar refractivity (Wildman–Crippen MR) is 71.9 cm³/mol. The summed E-state index contributed by atoms with van der Waals surface area (Å²) in [5, 5.41) is 10.1. The molecule has 0 aliphatic carbocycles. The molecule has 108 valence electrons. The summed E-state index contributed by atoms with van der Waals surface area (Å²) in [6.45, 7) is 15.4. The molecule has 0 fully saturated rings. The van der Waals surface area contributed by atoms with Crippen LogP contribution in [0.1, 0.15) is 55.4 Å². The van der Waals surface area contributed by atoms with Gasteiger partial charge in [-0.2, -0.15) is 0 Å². The first-order chi connectivity index (χ1) is 7.68. The number of nitrogens with one attached hydrogen (secondary N) is 1. The Hall–Kier alpha value is -1.10. The Bertz CT molecular complexity index is 260. The summed E-state index contributed by atoms with van der Waals surface area (Å²) in [5.41, 5.74) is -0.998. The largest absolute Gasteiger partial charge is 0.465 e. The minimum Gasteiger partial charge on any atom is -0.465 e. The fourth-order valence-corrected chi connectivity index (χ4v) is 1.22. The lowest BCUT2D eigenvalue weighted by atomic mass is 10.1. The van der Waals surface area contributed by atoms with Crippen molar-refractivity contribution < 1.29 is 19.4 Å². The van der Waals surface area contributed by atoms with Gasteiger partial charge in [0, 0.05) is 0 Å². The molecule has 0 saturated carbocycles. The van der Waals surface area contributed by atoms with Gasteiger partial charge < -0.3 is 20.0 Å². The van der Waals surface area contributed by atoms with Crippen molar-refractivity contribution in [3.05, 3.63) is 0 Å². The fourth-order valence-electron chi connectivity index (χ4n) is 1.22. The molecule has 5 nitrogen and oxygen atoms in total. The Morgan fingerprint density at radius 2 is 1.33 bits per heavy atom. The molecule has 0 atom stereocenters. The zero-order valence-corrected chi connectivity index (χ0v) is 12.7. The Kier molecular flexibility index (Phi) is 7.20. The van der Waals surface area contributed by atoms with Crippen LogP contribution in [0.3, 0.4) is 0 Å². The third-order valence-corrected chi connectivity index (χ3v) is 1.34. The molecular formula is C13H27NO4. The third-order valence-electron chi connectivity index (χ3n) is 1.34. The van der Waals surface area contributed by atoms with Crippen LogP contribution >= 0.6 is 0 Å². The first-order valence-electron chi connectivity index (χ1n) is 5.86. The van der Waals surface area contributed by atoms with Gasteiger partial charge in [0.05, 0.1) is 16.7 Å². The number of carbonyl (C=O) groups excluding carboxylic acids is 1. The molecule has 0 rings (SSSR count). The number of carboxylic acid groups (broad SMARTS) is 1. The molecule has 0 aromatic heterocycles. The molecule has 0 aliphatic heterocycles. The van der Waals surface area contributed by atoms with Gasteiger partial charge in [-0.15, -0.1) is 0 Å². The minimum atomic E-state index is -1.19. The highest BCUT2D eigenvalue weighted by atomic mass is 16.5. The Morgan fingerprint density at radius 3 is 1.39 bits per heavy atom. The lowest BCUT2D eigenvalue weighted by Crippen LogP contribution is -2.43. The van der Waals surface area contributed by atoms with Crippen molar-refractivity contribution >= 4 is 12.4 Å². The number of rotatable bonds is 2. The second-order valence-corrected chi connectivity index (χ2v) is 6.60. The molecule has 0 spiro atoms. The van der Waals surface area contributed by atoms with Crippen LogP contribution in [0.4, 0.5) is 4.79 Å². The van der Waals surface area contributed by atoms with E-state index in [0.29, 0.717) is 6.29 Å².